The number of aromatic nitrogens is 1. The molecule has 0 aliphatic carbocycles. The quantitative estimate of drug-likeness (QED) is 0.246. The van der Waals surface area contributed by atoms with Crippen LogP contribution in [0.5, 0.6) is 0 Å². The van der Waals surface area contributed by atoms with Crippen LogP contribution in [0.4, 0.5) is 11.4 Å². The van der Waals surface area contributed by atoms with Gasteiger partial charge in [-0.15, -0.1) is 0 Å². The molecule has 2 N–H and O–H groups in total. The Kier molecular flexibility index (Phi) is 3.93. The lowest BCUT2D eigenvalue weighted by Crippen LogP contribution is -3.00. The van der Waals surface area contributed by atoms with Crippen molar-refractivity contribution in [2.24, 2.45) is 0 Å². The van der Waals surface area contributed by atoms with E-state index in [2.05, 4.69) is 17.9 Å². The van der Waals surface area contributed by atoms with E-state index in [1.54, 1.807) is 0 Å². The summed E-state index contributed by atoms with van der Waals surface area (Å²) in [4.78, 5) is 6.91. The zero-order valence-electron chi connectivity index (χ0n) is 13.8. The van der Waals surface area contributed by atoms with Crippen molar-refractivity contribution in [1.82, 2.24) is 4.98 Å². The number of halogens is 1. The lowest BCUT2D eigenvalue weighted by Gasteiger charge is -2.14. The molecule has 4 rings (SSSR count). The minimum atomic E-state index is 0. The van der Waals surface area contributed by atoms with Crippen molar-refractivity contribution < 1.29 is 16.8 Å². The van der Waals surface area contributed by atoms with Crippen LogP contribution in [0, 0.1) is 6.92 Å². The molecule has 5 heteroatoms. The standard InChI is InChI=1S/C19H18N3O.ClH/c1-11-8-15-17(10-16(11)22(2)3)23-18-9-14(20)12-6-4-5-7-13(12)19(18)21-15;/h4-10H,20H2,1-3H3;1H/q+1;/p-1. The number of aryl methyl sites for hydroxylation is 1. The highest BCUT2D eigenvalue weighted by Gasteiger charge is 2.19. The van der Waals surface area contributed by atoms with E-state index in [1.165, 1.54) is 5.56 Å². The average Bonchev–Trinajstić information content (AvgIpc) is 2.53. The Labute approximate surface area is 146 Å². The van der Waals surface area contributed by atoms with Crippen LogP contribution in [0.2, 0.25) is 0 Å². The third kappa shape index (κ3) is 2.39. The van der Waals surface area contributed by atoms with Crippen molar-refractivity contribution in [3.05, 3.63) is 48.0 Å². The summed E-state index contributed by atoms with van der Waals surface area (Å²) < 4.78 is 6.11. The fourth-order valence-electron chi connectivity index (χ4n) is 3.11. The van der Waals surface area contributed by atoms with E-state index in [-0.39, 0.29) is 12.4 Å². The van der Waals surface area contributed by atoms with Gasteiger partial charge in [-0.2, -0.15) is 0 Å². The average molecular weight is 340 g/mol. The minimum absolute atomic E-state index is 0. The van der Waals surface area contributed by atoms with Crippen LogP contribution in [-0.4, -0.2) is 19.1 Å². The van der Waals surface area contributed by atoms with Gasteiger partial charge in [0.25, 0.3) is 0 Å². The number of fused-ring (bicyclic) bond motifs is 4. The second-order valence-corrected chi connectivity index (χ2v) is 6.07. The largest absolute Gasteiger partial charge is 1.00 e. The second kappa shape index (κ2) is 5.80. The topological polar surface area (TPSA) is 53.4 Å². The Balaban J connectivity index is 0.00000169. The third-order valence-electron chi connectivity index (χ3n) is 4.22. The minimum Gasteiger partial charge on any atom is -1.00 e. The molecule has 0 spiro atoms. The van der Waals surface area contributed by atoms with E-state index in [1.807, 2.05) is 50.5 Å². The Bertz CT molecular complexity index is 1080. The zero-order valence-corrected chi connectivity index (χ0v) is 14.6. The van der Waals surface area contributed by atoms with Gasteiger partial charge in [-0.1, -0.05) is 24.3 Å². The summed E-state index contributed by atoms with van der Waals surface area (Å²) in [6.07, 6.45) is 0. The molecule has 0 aliphatic rings. The number of hydrogen-bond acceptors (Lipinski definition) is 3. The summed E-state index contributed by atoms with van der Waals surface area (Å²) in [7, 11) is 4.04. The van der Waals surface area contributed by atoms with Crippen LogP contribution in [0.25, 0.3) is 33.0 Å². The van der Waals surface area contributed by atoms with Gasteiger partial charge in [0.2, 0.25) is 0 Å². The molecule has 1 aromatic heterocycles. The van der Waals surface area contributed by atoms with Crippen molar-refractivity contribution in [2.75, 3.05) is 24.7 Å². The Morgan fingerprint density at radius 1 is 1.00 bits per heavy atom. The predicted octanol–water partition coefficient (Wildman–Crippen LogP) is 1.38. The molecule has 0 atom stereocenters. The van der Waals surface area contributed by atoms with Gasteiger partial charge in [0.05, 0.1) is 12.1 Å². The monoisotopic (exact) mass is 339 g/mol. The molecule has 4 nitrogen and oxygen atoms in total. The molecule has 0 saturated heterocycles. The van der Waals surface area contributed by atoms with Gasteiger partial charge in [-0.25, -0.2) is 9.40 Å². The molecule has 0 unspecified atom stereocenters. The van der Waals surface area contributed by atoms with E-state index in [0.29, 0.717) is 11.3 Å². The number of hydrogen-bond donors (Lipinski definition) is 1. The highest BCUT2D eigenvalue weighted by molar-refractivity contribution is 6.10. The van der Waals surface area contributed by atoms with Gasteiger partial charge in [0, 0.05) is 36.2 Å². The molecule has 0 radical (unpaired) electrons. The van der Waals surface area contributed by atoms with Crippen LogP contribution >= 0.6 is 0 Å². The number of nitrogens with zero attached hydrogens (tertiary/aromatic N) is 2. The molecule has 0 amide bonds. The smallest absolute Gasteiger partial charge is 0.381 e. The maximum Gasteiger partial charge on any atom is 0.381 e. The number of rotatable bonds is 1. The fourth-order valence-corrected chi connectivity index (χ4v) is 3.11. The molecule has 0 bridgehead atoms. The summed E-state index contributed by atoms with van der Waals surface area (Å²) in [6, 6.07) is 14.0. The van der Waals surface area contributed by atoms with Gasteiger partial charge in [0.1, 0.15) is 0 Å². The van der Waals surface area contributed by atoms with Gasteiger partial charge in [-0.05, 0) is 18.6 Å². The van der Waals surface area contributed by atoms with Gasteiger partial charge < -0.3 is 23.0 Å². The van der Waals surface area contributed by atoms with Crippen LogP contribution in [0.1, 0.15) is 5.56 Å². The molecule has 122 valence electrons. The van der Waals surface area contributed by atoms with Gasteiger partial charge in [0.15, 0.2) is 11.0 Å². The predicted molar refractivity (Wildman–Crippen MR) is 96.9 cm³/mol. The summed E-state index contributed by atoms with van der Waals surface area (Å²) in [6.45, 7) is 2.09. The van der Waals surface area contributed by atoms with Gasteiger partial charge >= 0.3 is 11.2 Å². The molecule has 4 aromatic rings. The maximum absolute atomic E-state index is 6.17. The number of nitrogens with two attached hydrogens (primary N) is 1. The van der Waals surface area contributed by atoms with Crippen molar-refractivity contribution >= 4 is 44.3 Å². The van der Waals surface area contributed by atoms with Crippen LogP contribution in [0.3, 0.4) is 0 Å². The fraction of sp³-hybridized carbons (Fsp3) is 0.158. The van der Waals surface area contributed by atoms with E-state index < -0.39 is 0 Å². The van der Waals surface area contributed by atoms with Crippen LogP contribution in [-0.2, 0) is 0 Å². The van der Waals surface area contributed by atoms with E-state index in [0.717, 1.165) is 33.1 Å². The molecular weight excluding hydrogens is 322 g/mol. The number of benzene rings is 3. The molecule has 1 heterocycles. The number of anilines is 2. The molecular formula is C19H18ClN3O. The Hall–Kier alpha value is -2.59. The highest BCUT2D eigenvalue weighted by atomic mass is 35.5. The second-order valence-electron chi connectivity index (χ2n) is 6.07. The first-order valence-corrected chi connectivity index (χ1v) is 7.57. The molecule has 0 aliphatic heterocycles. The summed E-state index contributed by atoms with van der Waals surface area (Å²) >= 11 is 0. The zero-order chi connectivity index (χ0) is 16.1. The van der Waals surface area contributed by atoms with Gasteiger partial charge in [-0.3, -0.25) is 0 Å². The van der Waals surface area contributed by atoms with Crippen molar-refractivity contribution in [3.63, 3.8) is 0 Å². The Morgan fingerprint density at radius 3 is 2.42 bits per heavy atom. The van der Waals surface area contributed by atoms with Crippen molar-refractivity contribution in [3.8, 4) is 0 Å². The summed E-state index contributed by atoms with van der Waals surface area (Å²) in [5, 5.41) is 2.02. The SMILES string of the molecule is Cc1cc2nc3c(cc(N)c4ccccc43)[o+]c2cc1N(C)C.[Cl-]. The normalized spacial score (nSPS) is 11.0. The molecule has 0 saturated carbocycles. The van der Waals surface area contributed by atoms with Crippen LogP contribution in [0.15, 0.2) is 46.9 Å². The molecule has 24 heavy (non-hydrogen) atoms. The van der Waals surface area contributed by atoms with Crippen LogP contribution < -0.4 is 23.0 Å². The lowest BCUT2D eigenvalue weighted by atomic mass is 10.1. The summed E-state index contributed by atoms with van der Waals surface area (Å²) in [5.74, 6) is 0. The van der Waals surface area contributed by atoms with Crippen molar-refractivity contribution in [1.29, 1.82) is 0 Å². The van der Waals surface area contributed by atoms with E-state index in [4.69, 9.17) is 15.1 Å². The highest BCUT2D eigenvalue weighted by Crippen LogP contribution is 2.32. The first-order valence-electron chi connectivity index (χ1n) is 7.57. The first kappa shape index (κ1) is 16.3. The third-order valence-corrected chi connectivity index (χ3v) is 4.22. The van der Waals surface area contributed by atoms with E-state index >= 15 is 0 Å². The van der Waals surface area contributed by atoms with Crippen molar-refractivity contribution in [2.45, 2.75) is 6.92 Å². The number of nitrogen functional groups attached to an aromatic ring is 1. The molecule has 3 aromatic carbocycles. The summed E-state index contributed by atoms with van der Waals surface area (Å²) in [5.41, 5.74) is 12.4. The lowest BCUT2D eigenvalue weighted by molar-refractivity contribution is -0.00000518. The maximum atomic E-state index is 6.17. The van der Waals surface area contributed by atoms with E-state index in [9.17, 15) is 0 Å². The first-order chi connectivity index (χ1) is 11.0. The Morgan fingerprint density at radius 2 is 1.71 bits per heavy atom. The molecule has 0 fully saturated rings.